The van der Waals surface area contributed by atoms with E-state index in [-0.39, 0.29) is 0 Å². The monoisotopic (exact) mass is 379 g/mol. The molecule has 5 nitrogen and oxygen atoms in total. The second-order valence-corrected chi connectivity index (χ2v) is 8.56. The average Bonchev–Trinajstić information content (AvgIpc) is 2.66. The van der Waals surface area contributed by atoms with E-state index in [4.69, 9.17) is 0 Å². The van der Waals surface area contributed by atoms with E-state index in [0.29, 0.717) is 0 Å². The zero-order chi connectivity index (χ0) is 19.5. The summed E-state index contributed by atoms with van der Waals surface area (Å²) in [4.78, 5) is 16.6. The summed E-state index contributed by atoms with van der Waals surface area (Å²) in [6.45, 7) is 7.22. The van der Waals surface area contributed by atoms with Crippen molar-refractivity contribution in [3.63, 3.8) is 0 Å². The first-order chi connectivity index (χ1) is 13.6. The summed E-state index contributed by atoms with van der Waals surface area (Å²) >= 11 is 0. The van der Waals surface area contributed by atoms with Crippen molar-refractivity contribution in [2.24, 2.45) is 0 Å². The Bertz CT molecular complexity index is 784. The number of aryl methyl sites for hydroxylation is 1. The number of fused-ring (bicyclic) bond motifs is 1. The van der Waals surface area contributed by atoms with Gasteiger partial charge in [-0.2, -0.15) is 0 Å². The van der Waals surface area contributed by atoms with Gasteiger partial charge in [-0.05, 0) is 38.8 Å². The van der Waals surface area contributed by atoms with E-state index in [2.05, 4.69) is 70.0 Å². The summed E-state index contributed by atoms with van der Waals surface area (Å²) in [7, 11) is 4.44. The average molecular weight is 380 g/mol. The third kappa shape index (κ3) is 4.36. The molecule has 28 heavy (non-hydrogen) atoms. The van der Waals surface area contributed by atoms with Crippen molar-refractivity contribution in [3.05, 3.63) is 53.0 Å². The van der Waals surface area contributed by atoms with Crippen molar-refractivity contribution in [2.45, 2.75) is 51.7 Å². The first kappa shape index (κ1) is 19.3. The summed E-state index contributed by atoms with van der Waals surface area (Å²) in [5.74, 6) is 1.13. The molecule has 5 heteroatoms. The van der Waals surface area contributed by atoms with E-state index in [1.807, 2.05) is 0 Å². The van der Waals surface area contributed by atoms with Crippen LogP contribution in [0, 0.1) is 6.92 Å². The van der Waals surface area contributed by atoms with Crippen molar-refractivity contribution in [2.75, 3.05) is 38.6 Å². The Hall–Kier alpha value is -1.98. The van der Waals surface area contributed by atoms with E-state index in [1.54, 1.807) is 6.33 Å². The highest BCUT2D eigenvalue weighted by Gasteiger charge is 2.24. The minimum Gasteiger partial charge on any atom is -0.358 e. The fraction of sp³-hybridized carbons (Fsp3) is 0.565. The normalized spacial score (nSPS) is 17.4. The lowest BCUT2D eigenvalue weighted by atomic mass is 9.92. The molecule has 2 aromatic rings. The highest BCUT2D eigenvalue weighted by atomic mass is 15.2. The molecule has 4 rings (SSSR count). The summed E-state index contributed by atoms with van der Waals surface area (Å²) in [5.41, 5.74) is 5.23. The molecule has 0 bridgehead atoms. The third-order valence-electron chi connectivity index (χ3n) is 6.44. The molecule has 0 radical (unpaired) electrons. The van der Waals surface area contributed by atoms with Crippen molar-refractivity contribution in [3.8, 4) is 0 Å². The van der Waals surface area contributed by atoms with Crippen molar-refractivity contribution < 1.29 is 0 Å². The summed E-state index contributed by atoms with van der Waals surface area (Å²) < 4.78 is 0. The molecule has 2 heterocycles. The Kier molecular flexibility index (Phi) is 5.93. The maximum absolute atomic E-state index is 4.65. The standard InChI is InChI=1S/C23H33N5/c1-18-7-9-19(10-8-18)15-28-12-11-21-22(16-28)24-17-25-23(21)27(3)14-13-26(2)20-5-4-6-20/h7-10,17,20H,4-6,11-16H2,1-3H3. The number of nitrogens with zero attached hydrogens (tertiary/aromatic N) is 5. The Balaban J connectivity index is 1.38. The Morgan fingerprint density at radius 1 is 1.07 bits per heavy atom. The van der Waals surface area contributed by atoms with Gasteiger partial charge in [-0.15, -0.1) is 0 Å². The molecule has 1 saturated carbocycles. The van der Waals surface area contributed by atoms with Crippen molar-refractivity contribution >= 4 is 5.82 Å². The van der Waals surface area contributed by atoms with Crippen molar-refractivity contribution in [1.82, 2.24) is 19.8 Å². The predicted molar refractivity (Wildman–Crippen MR) is 115 cm³/mol. The highest BCUT2D eigenvalue weighted by molar-refractivity contribution is 5.49. The molecule has 0 atom stereocenters. The Morgan fingerprint density at radius 2 is 1.86 bits per heavy atom. The topological polar surface area (TPSA) is 35.5 Å². The number of hydrogen-bond acceptors (Lipinski definition) is 5. The maximum Gasteiger partial charge on any atom is 0.135 e. The minimum atomic E-state index is 0.794. The molecule has 2 aliphatic rings. The van der Waals surface area contributed by atoms with Gasteiger partial charge in [0.25, 0.3) is 0 Å². The van der Waals surface area contributed by atoms with E-state index < -0.39 is 0 Å². The molecule has 150 valence electrons. The van der Waals surface area contributed by atoms with E-state index in [9.17, 15) is 0 Å². The van der Waals surface area contributed by atoms with Gasteiger partial charge in [-0.1, -0.05) is 36.2 Å². The molecule has 1 aliphatic heterocycles. The van der Waals surface area contributed by atoms with Crippen LogP contribution in [0.5, 0.6) is 0 Å². The van der Waals surface area contributed by atoms with Crippen LogP contribution in [-0.2, 0) is 19.5 Å². The first-order valence-corrected chi connectivity index (χ1v) is 10.6. The van der Waals surface area contributed by atoms with Crippen LogP contribution in [0.1, 0.15) is 41.6 Å². The maximum atomic E-state index is 4.65. The molecule has 0 saturated heterocycles. The van der Waals surface area contributed by atoms with Crippen LogP contribution in [0.25, 0.3) is 0 Å². The summed E-state index contributed by atoms with van der Waals surface area (Å²) in [6.07, 6.45) is 6.89. The molecular formula is C23H33N5. The van der Waals surface area contributed by atoms with Crippen LogP contribution in [0.15, 0.2) is 30.6 Å². The fourth-order valence-electron chi connectivity index (χ4n) is 4.23. The molecular weight excluding hydrogens is 346 g/mol. The van der Waals surface area contributed by atoms with E-state index >= 15 is 0 Å². The molecule has 1 aromatic carbocycles. The zero-order valence-electron chi connectivity index (χ0n) is 17.6. The van der Waals surface area contributed by atoms with Gasteiger partial charge in [0.05, 0.1) is 5.69 Å². The lowest BCUT2D eigenvalue weighted by molar-refractivity contribution is 0.163. The first-order valence-electron chi connectivity index (χ1n) is 10.6. The minimum absolute atomic E-state index is 0.794. The Morgan fingerprint density at radius 3 is 2.57 bits per heavy atom. The van der Waals surface area contributed by atoms with Crippen LogP contribution < -0.4 is 4.90 Å². The van der Waals surface area contributed by atoms with Gasteiger partial charge in [0, 0.05) is 51.4 Å². The predicted octanol–water partition coefficient (Wildman–Crippen LogP) is 3.26. The van der Waals surface area contributed by atoms with Crippen LogP contribution in [0.2, 0.25) is 0 Å². The van der Waals surface area contributed by atoms with Crippen LogP contribution in [-0.4, -0.2) is 59.5 Å². The van der Waals surface area contributed by atoms with E-state index in [0.717, 1.165) is 51.0 Å². The lowest BCUT2D eigenvalue weighted by Gasteiger charge is -2.36. The van der Waals surface area contributed by atoms with Crippen molar-refractivity contribution in [1.29, 1.82) is 0 Å². The Labute approximate surface area is 169 Å². The number of benzene rings is 1. The third-order valence-corrected chi connectivity index (χ3v) is 6.44. The largest absolute Gasteiger partial charge is 0.358 e. The van der Waals surface area contributed by atoms with Crippen LogP contribution in [0.4, 0.5) is 5.82 Å². The van der Waals surface area contributed by atoms with Gasteiger partial charge in [0.2, 0.25) is 0 Å². The number of rotatable bonds is 7. The van der Waals surface area contributed by atoms with E-state index in [1.165, 1.54) is 41.6 Å². The number of aromatic nitrogens is 2. The fourth-order valence-corrected chi connectivity index (χ4v) is 4.23. The zero-order valence-corrected chi connectivity index (χ0v) is 17.6. The van der Waals surface area contributed by atoms with Gasteiger partial charge in [-0.3, -0.25) is 4.90 Å². The number of likely N-dealkylation sites (N-methyl/N-ethyl adjacent to an activating group) is 2. The smallest absolute Gasteiger partial charge is 0.135 e. The number of anilines is 1. The van der Waals surface area contributed by atoms with Gasteiger partial charge in [0.1, 0.15) is 12.1 Å². The van der Waals surface area contributed by atoms with Crippen LogP contribution >= 0.6 is 0 Å². The van der Waals surface area contributed by atoms with Gasteiger partial charge < -0.3 is 9.80 Å². The SMILES string of the molecule is Cc1ccc(CN2CCc3c(ncnc3N(C)CCN(C)C3CCC3)C2)cc1. The molecule has 1 aromatic heterocycles. The second-order valence-electron chi connectivity index (χ2n) is 8.56. The summed E-state index contributed by atoms with van der Waals surface area (Å²) in [5, 5.41) is 0. The summed E-state index contributed by atoms with van der Waals surface area (Å²) in [6, 6.07) is 9.67. The second kappa shape index (κ2) is 8.58. The van der Waals surface area contributed by atoms with Gasteiger partial charge in [0.15, 0.2) is 0 Å². The molecule has 0 spiro atoms. The molecule has 0 N–H and O–H groups in total. The number of hydrogen-bond donors (Lipinski definition) is 0. The van der Waals surface area contributed by atoms with Crippen LogP contribution in [0.3, 0.4) is 0 Å². The lowest BCUT2D eigenvalue weighted by Crippen LogP contribution is -2.41. The molecule has 0 unspecified atom stereocenters. The highest BCUT2D eigenvalue weighted by Crippen LogP contribution is 2.26. The van der Waals surface area contributed by atoms with Gasteiger partial charge in [-0.25, -0.2) is 9.97 Å². The molecule has 0 amide bonds. The quantitative estimate of drug-likeness (QED) is 0.738. The van der Waals surface area contributed by atoms with Gasteiger partial charge >= 0.3 is 0 Å². The molecule has 1 aliphatic carbocycles. The molecule has 1 fully saturated rings.